The molecule has 1 saturated heterocycles. The number of aryl methyl sites for hydroxylation is 2. The van der Waals surface area contributed by atoms with Gasteiger partial charge in [0.2, 0.25) is 0 Å². The number of unbranched alkanes of at least 4 members (excludes halogenated alkanes) is 1. The van der Waals surface area contributed by atoms with E-state index in [4.69, 9.17) is 18.9 Å². The molecular weight excluding hydrogens is 528 g/mol. The lowest BCUT2D eigenvalue weighted by Gasteiger charge is -2.41. The van der Waals surface area contributed by atoms with E-state index in [1.54, 1.807) is 6.08 Å². The molecule has 0 bridgehead atoms. The third kappa shape index (κ3) is 8.62. The molecule has 224 valence electrons. The molecule has 0 saturated carbocycles. The first-order valence-corrected chi connectivity index (χ1v) is 14.8. The number of hydrogen-bond donors (Lipinski definition) is 1. The van der Waals surface area contributed by atoms with Gasteiger partial charge in [0, 0.05) is 19.4 Å². The summed E-state index contributed by atoms with van der Waals surface area (Å²) in [6.45, 7) is 7.10. The molecule has 3 aromatic rings. The van der Waals surface area contributed by atoms with Crippen molar-refractivity contribution in [2.45, 2.75) is 69.9 Å². The second-order valence-corrected chi connectivity index (χ2v) is 11.1. The quantitative estimate of drug-likeness (QED) is 0.128. The van der Waals surface area contributed by atoms with Crippen LogP contribution in [0, 0.1) is 6.92 Å². The summed E-state index contributed by atoms with van der Waals surface area (Å²) in [6.07, 6.45) is 5.81. The zero-order chi connectivity index (χ0) is 29.8. The largest absolute Gasteiger partial charge is 0.467 e. The number of carbonyl (C=O) groups is 1. The summed E-state index contributed by atoms with van der Waals surface area (Å²) in [5.74, 6) is -0.584. The molecule has 1 heterocycles. The third-order valence-electron chi connectivity index (χ3n) is 7.95. The van der Waals surface area contributed by atoms with E-state index in [-0.39, 0.29) is 12.5 Å². The van der Waals surface area contributed by atoms with Gasteiger partial charge in [-0.05, 0) is 66.0 Å². The maximum absolute atomic E-state index is 12.9. The smallest absolute Gasteiger partial charge is 0.340 e. The fraction of sp³-hybridized carbons (Fsp3) is 0.417. The van der Waals surface area contributed by atoms with E-state index < -0.39 is 24.3 Å². The van der Waals surface area contributed by atoms with Crippen LogP contribution in [0.1, 0.15) is 65.2 Å². The van der Waals surface area contributed by atoms with Gasteiger partial charge in [-0.15, -0.1) is 6.58 Å². The zero-order valence-electron chi connectivity index (χ0n) is 24.9. The summed E-state index contributed by atoms with van der Waals surface area (Å²) in [5.41, 5.74) is 5.49. The van der Waals surface area contributed by atoms with E-state index in [0.29, 0.717) is 19.6 Å². The molecule has 0 aromatic heterocycles. The number of aliphatic hydroxyl groups excluding tert-OH is 1. The Kier molecular flexibility index (Phi) is 11.9. The van der Waals surface area contributed by atoms with Gasteiger partial charge in [0.25, 0.3) is 0 Å². The molecule has 1 aliphatic rings. The highest BCUT2D eigenvalue weighted by Crippen LogP contribution is 2.40. The predicted octanol–water partition coefficient (Wildman–Crippen LogP) is 6.45. The molecule has 0 spiro atoms. The Balaban J connectivity index is 1.45. The van der Waals surface area contributed by atoms with Gasteiger partial charge in [0.1, 0.15) is 0 Å². The maximum Gasteiger partial charge on any atom is 0.340 e. The summed E-state index contributed by atoms with van der Waals surface area (Å²) in [7, 11) is 1.32. The molecule has 0 aliphatic carbocycles. The predicted molar refractivity (Wildman–Crippen MR) is 164 cm³/mol. The molecule has 1 fully saturated rings. The fourth-order valence-corrected chi connectivity index (χ4v) is 5.49. The summed E-state index contributed by atoms with van der Waals surface area (Å²) in [6, 6.07) is 25.1. The van der Waals surface area contributed by atoms with Gasteiger partial charge in [0.05, 0.1) is 39.1 Å². The van der Waals surface area contributed by atoms with Crippen molar-refractivity contribution in [1.29, 1.82) is 0 Å². The molecule has 42 heavy (non-hydrogen) atoms. The van der Waals surface area contributed by atoms with Crippen LogP contribution in [0.15, 0.2) is 85.5 Å². The molecule has 4 rings (SSSR count). The first-order valence-electron chi connectivity index (χ1n) is 14.8. The second-order valence-electron chi connectivity index (χ2n) is 11.1. The monoisotopic (exact) mass is 572 g/mol. The van der Waals surface area contributed by atoms with E-state index in [1.165, 1.54) is 29.4 Å². The number of methoxy groups -OCH3 is 1. The second kappa shape index (κ2) is 15.8. The minimum atomic E-state index is -1.47. The first kappa shape index (κ1) is 31.6. The molecular formula is C36H44O6. The Bertz CT molecular complexity index is 1270. The summed E-state index contributed by atoms with van der Waals surface area (Å²) < 4.78 is 23.2. The summed E-state index contributed by atoms with van der Waals surface area (Å²) in [4.78, 5) is 12.9. The van der Waals surface area contributed by atoms with Gasteiger partial charge >= 0.3 is 5.97 Å². The Morgan fingerprint density at radius 3 is 2.52 bits per heavy atom. The van der Waals surface area contributed by atoms with Gasteiger partial charge in [-0.3, -0.25) is 0 Å². The van der Waals surface area contributed by atoms with E-state index in [2.05, 4.69) is 49.9 Å². The van der Waals surface area contributed by atoms with Crippen LogP contribution >= 0.6 is 0 Å². The van der Waals surface area contributed by atoms with Crippen LogP contribution in [-0.4, -0.2) is 49.7 Å². The van der Waals surface area contributed by atoms with Gasteiger partial charge in [0.15, 0.2) is 5.60 Å². The number of ether oxygens (including phenoxy) is 4. The topological polar surface area (TPSA) is 74.2 Å². The van der Waals surface area contributed by atoms with Crippen molar-refractivity contribution in [3.63, 3.8) is 0 Å². The van der Waals surface area contributed by atoms with Crippen molar-refractivity contribution >= 4 is 5.97 Å². The fourth-order valence-electron chi connectivity index (χ4n) is 5.49. The SMILES string of the molecule is C=CCOCCCCc1ccc(Cc2cc([C@H]3C[C@@H](OCc4ccccc4)C[C@@](CO)(C(=O)OC)O3)ccc2C)cc1. The Morgan fingerprint density at radius 1 is 1.05 bits per heavy atom. The van der Waals surface area contributed by atoms with Crippen LogP contribution in [0.4, 0.5) is 0 Å². The third-order valence-corrected chi connectivity index (χ3v) is 7.95. The van der Waals surface area contributed by atoms with E-state index in [1.807, 2.05) is 36.4 Å². The molecule has 1 N–H and O–H groups in total. The van der Waals surface area contributed by atoms with Gasteiger partial charge < -0.3 is 24.1 Å². The first-order chi connectivity index (χ1) is 20.5. The lowest BCUT2D eigenvalue weighted by Crippen LogP contribution is -2.53. The van der Waals surface area contributed by atoms with E-state index in [9.17, 15) is 9.90 Å². The number of rotatable bonds is 15. The Morgan fingerprint density at radius 2 is 1.81 bits per heavy atom. The number of aliphatic hydroxyl groups is 1. The lowest BCUT2D eigenvalue weighted by molar-refractivity contribution is -0.215. The van der Waals surface area contributed by atoms with Crippen LogP contribution in [0.2, 0.25) is 0 Å². The van der Waals surface area contributed by atoms with Crippen molar-refractivity contribution in [3.8, 4) is 0 Å². The van der Waals surface area contributed by atoms with Gasteiger partial charge in [-0.2, -0.15) is 0 Å². The molecule has 0 amide bonds. The van der Waals surface area contributed by atoms with Crippen LogP contribution in [-0.2, 0) is 43.2 Å². The number of carbonyl (C=O) groups excluding carboxylic acids is 1. The molecule has 6 heteroatoms. The van der Waals surface area contributed by atoms with Crippen LogP contribution in [0.3, 0.4) is 0 Å². The van der Waals surface area contributed by atoms with Crippen LogP contribution < -0.4 is 0 Å². The molecule has 6 nitrogen and oxygen atoms in total. The number of benzene rings is 3. The minimum absolute atomic E-state index is 0.229. The van der Waals surface area contributed by atoms with E-state index >= 15 is 0 Å². The van der Waals surface area contributed by atoms with Crippen molar-refractivity contribution in [2.75, 3.05) is 26.9 Å². The standard InChI is InChI=1S/C36H44O6/c1-4-19-40-20-9-8-10-28-14-16-29(17-15-28)21-32-22-31(18-13-27(32)2)34-23-33(41-25-30-11-6-5-7-12-30)24-36(26-37,42-34)35(38)39-3/h4-7,11-18,22,33-34,37H,1,8-10,19-21,23-26H2,2-3H3/t33-,34-,36-/m1/s1. The molecule has 3 aromatic carbocycles. The van der Waals surface area contributed by atoms with Crippen LogP contribution in [0.25, 0.3) is 0 Å². The molecule has 3 atom stereocenters. The van der Waals surface area contributed by atoms with Crippen molar-refractivity contribution < 1.29 is 28.8 Å². The average molecular weight is 573 g/mol. The van der Waals surface area contributed by atoms with Gasteiger partial charge in [-0.25, -0.2) is 4.79 Å². The Labute approximate surface area is 250 Å². The molecule has 1 aliphatic heterocycles. The van der Waals surface area contributed by atoms with E-state index in [0.717, 1.165) is 43.4 Å². The number of esters is 1. The summed E-state index contributed by atoms with van der Waals surface area (Å²) >= 11 is 0. The highest BCUT2D eigenvalue weighted by molar-refractivity contribution is 5.80. The number of hydrogen-bond acceptors (Lipinski definition) is 6. The van der Waals surface area contributed by atoms with Crippen molar-refractivity contribution in [1.82, 2.24) is 0 Å². The minimum Gasteiger partial charge on any atom is -0.467 e. The lowest BCUT2D eigenvalue weighted by atomic mass is 9.86. The zero-order valence-corrected chi connectivity index (χ0v) is 24.9. The molecule has 0 unspecified atom stereocenters. The molecule has 0 radical (unpaired) electrons. The van der Waals surface area contributed by atoms with Crippen LogP contribution in [0.5, 0.6) is 0 Å². The average Bonchev–Trinajstić information content (AvgIpc) is 3.03. The van der Waals surface area contributed by atoms with Gasteiger partial charge in [-0.1, -0.05) is 78.9 Å². The normalized spacial score (nSPS) is 20.3. The highest BCUT2D eigenvalue weighted by Gasteiger charge is 2.49. The highest BCUT2D eigenvalue weighted by atomic mass is 16.6. The summed E-state index contributed by atoms with van der Waals surface area (Å²) in [5, 5.41) is 10.3. The maximum atomic E-state index is 12.9. The van der Waals surface area contributed by atoms with Crippen molar-refractivity contribution in [3.05, 3.63) is 119 Å². The Hall–Kier alpha value is -3.29. The van der Waals surface area contributed by atoms with Crippen molar-refractivity contribution in [2.24, 2.45) is 0 Å².